The molecule has 0 bridgehead atoms. The van der Waals surface area contributed by atoms with E-state index < -0.39 is 0 Å². The van der Waals surface area contributed by atoms with Crippen molar-refractivity contribution in [1.29, 1.82) is 0 Å². The fraction of sp³-hybridized carbons (Fsp3) is 0.545. The van der Waals surface area contributed by atoms with E-state index >= 15 is 0 Å². The average Bonchev–Trinajstić information content (AvgIpc) is 2.31. The van der Waals surface area contributed by atoms with E-state index in [1.165, 1.54) is 0 Å². The molecule has 0 aliphatic rings. The van der Waals surface area contributed by atoms with Crippen LogP contribution in [-0.4, -0.2) is 24.0 Å². The zero-order valence-electron chi connectivity index (χ0n) is 9.16. The molecule has 15 heavy (non-hydrogen) atoms. The number of hydrogen-bond donors (Lipinski definition) is 1. The van der Waals surface area contributed by atoms with Gasteiger partial charge in [-0.25, -0.2) is 4.98 Å². The highest BCUT2D eigenvalue weighted by Crippen LogP contribution is 2.06. The quantitative estimate of drug-likeness (QED) is 0.758. The number of nitrogens with zero attached hydrogens (tertiary/aromatic N) is 1. The molecule has 1 heterocycles. The summed E-state index contributed by atoms with van der Waals surface area (Å²) < 4.78 is 5.05. The molecule has 0 radical (unpaired) electrons. The zero-order chi connectivity index (χ0) is 11.1. The second-order valence-electron chi connectivity index (χ2n) is 3.31. The Bertz CT molecular complexity index is 290. The van der Waals surface area contributed by atoms with Crippen LogP contribution in [0.25, 0.3) is 0 Å². The monoisotopic (exact) mass is 228 g/mol. The van der Waals surface area contributed by atoms with Crippen LogP contribution in [-0.2, 0) is 6.54 Å². The van der Waals surface area contributed by atoms with E-state index in [0.717, 1.165) is 18.7 Å². The molecule has 0 saturated carbocycles. The lowest BCUT2D eigenvalue weighted by molar-refractivity contribution is 0.395. The number of aromatic nitrogens is 1. The van der Waals surface area contributed by atoms with E-state index in [0.29, 0.717) is 17.8 Å². The topological polar surface area (TPSA) is 34.1 Å². The van der Waals surface area contributed by atoms with Crippen LogP contribution in [0, 0.1) is 0 Å². The van der Waals surface area contributed by atoms with Crippen molar-refractivity contribution in [3.63, 3.8) is 0 Å². The third-order valence-electron chi connectivity index (χ3n) is 2.24. The van der Waals surface area contributed by atoms with Crippen LogP contribution < -0.4 is 10.1 Å². The third kappa shape index (κ3) is 4.06. The Morgan fingerprint density at radius 2 is 2.33 bits per heavy atom. The van der Waals surface area contributed by atoms with Crippen molar-refractivity contribution in [2.75, 3.05) is 13.0 Å². The molecule has 1 rings (SSSR count). The smallest absolute Gasteiger partial charge is 0.213 e. The van der Waals surface area contributed by atoms with Gasteiger partial charge in [-0.3, -0.25) is 0 Å². The highest BCUT2D eigenvalue weighted by molar-refractivity contribution is 6.18. The molecule has 0 fully saturated rings. The van der Waals surface area contributed by atoms with E-state index in [9.17, 15) is 0 Å². The van der Waals surface area contributed by atoms with Gasteiger partial charge in [-0.1, -0.05) is 13.0 Å². The molecule has 1 aromatic rings. The molecule has 0 saturated heterocycles. The number of rotatable bonds is 6. The molecule has 3 nitrogen and oxygen atoms in total. The van der Waals surface area contributed by atoms with Crippen molar-refractivity contribution in [3.8, 4) is 5.88 Å². The summed E-state index contributed by atoms with van der Waals surface area (Å²) in [5.74, 6) is 1.27. The fourth-order valence-corrected chi connectivity index (χ4v) is 1.55. The Hall–Kier alpha value is -0.800. The van der Waals surface area contributed by atoms with Gasteiger partial charge in [0.25, 0.3) is 0 Å². The van der Waals surface area contributed by atoms with Crippen LogP contribution in [0.3, 0.4) is 0 Å². The Balaban J connectivity index is 2.49. The van der Waals surface area contributed by atoms with Gasteiger partial charge in [-0.2, -0.15) is 0 Å². The van der Waals surface area contributed by atoms with Gasteiger partial charge >= 0.3 is 0 Å². The van der Waals surface area contributed by atoms with Crippen LogP contribution in [0.1, 0.15) is 19.0 Å². The molecular formula is C11H17ClN2O. The molecule has 0 aliphatic carbocycles. The molecule has 0 aliphatic heterocycles. The molecule has 84 valence electrons. The van der Waals surface area contributed by atoms with Crippen molar-refractivity contribution in [2.45, 2.75) is 25.9 Å². The summed E-state index contributed by atoms with van der Waals surface area (Å²) >= 11 is 5.78. The summed E-state index contributed by atoms with van der Waals surface area (Å²) in [5.41, 5.74) is 0.970. The summed E-state index contributed by atoms with van der Waals surface area (Å²) in [6.45, 7) is 2.83. The molecule has 0 spiro atoms. The minimum Gasteiger partial charge on any atom is -0.481 e. The Kier molecular flexibility index (Phi) is 5.43. The summed E-state index contributed by atoms with van der Waals surface area (Å²) in [7, 11) is 1.62. The summed E-state index contributed by atoms with van der Waals surface area (Å²) in [4.78, 5) is 4.30. The maximum atomic E-state index is 5.78. The highest BCUT2D eigenvalue weighted by Gasteiger charge is 2.04. The highest BCUT2D eigenvalue weighted by atomic mass is 35.5. The van der Waals surface area contributed by atoms with E-state index in [4.69, 9.17) is 16.3 Å². The van der Waals surface area contributed by atoms with Gasteiger partial charge in [0.1, 0.15) is 0 Å². The van der Waals surface area contributed by atoms with Gasteiger partial charge in [0, 0.05) is 24.5 Å². The zero-order valence-corrected chi connectivity index (χ0v) is 9.92. The van der Waals surface area contributed by atoms with Gasteiger partial charge in [0.2, 0.25) is 5.88 Å². The number of nitrogens with one attached hydrogen (secondary N) is 1. The van der Waals surface area contributed by atoms with Gasteiger partial charge in [-0.15, -0.1) is 11.6 Å². The fourth-order valence-electron chi connectivity index (χ4n) is 1.23. The molecule has 1 aromatic heterocycles. The molecule has 0 aromatic carbocycles. The molecule has 4 heteroatoms. The first-order chi connectivity index (χ1) is 7.30. The van der Waals surface area contributed by atoms with Gasteiger partial charge in [0.15, 0.2) is 0 Å². The molecule has 1 unspecified atom stereocenters. The average molecular weight is 229 g/mol. The van der Waals surface area contributed by atoms with Crippen molar-refractivity contribution in [2.24, 2.45) is 0 Å². The van der Waals surface area contributed by atoms with Crippen molar-refractivity contribution >= 4 is 11.6 Å². The number of halogens is 1. The second-order valence-corrected chi connectivity index (χ2v) is 3.62. The van der Waals surface area contributed by atoms with Gasteiger partial charge in [0.05, 0.1) is 12.8 Å². The van der Waals surface area contributed by atoms with Gasteiger partial charge < -0.3 is 10.1 Å². The predicted octanol–water partition coefficient (Wildman–Crippen LogP) is 2.20. The number of ether oxygens (including phenoxy) is 1. The van der Waals surface area contributed by atoms with Crippen molar-refractivity contribution < 1.29 is 4.74 Å². The van der Waals surface area contributed by atoms with Crippen LogP contribution in [0.15, 0.2) is 18.2 Å². The van der Waals surface area contributed by atoms with E-state index in [2.05, 4.69) is 17.2 Å². The summed E-state index contributed by atoms with van der Waals surface area (Å²) in [6.07, 6.45) is 1.02. The molecule has 1 N–H and O–H groups in total. The summed E-state index contributed by atoms with van der Waals surface area (Å²) in [6, 6.07) is 6.09. The largest absolute Gasteiger partial charge is 0.481 e. The maximum Gasteiger partial charge on any atom is 0.213 e. The molecule has 0 amide bonds. The van der Waals surface area contributed by atoms with E-state index in [1.54, 1.807) is 7.11 Å². The normalized spacial score (nSPS) is 12.5. The minimum absolute atomic E-state index is 0.347. The first-order valence-electron chi connectivity index (χ1n) is 5.09. The predicted molar refractivity (Wildman–Crippen MR) is 62.4 cm³/mol. The minimum atomic E-state index is 0.347. The van der Waals surface area contributed by atoms with Crippen LogP contribution >= 0.6 is 11.6 Å². The first-order valence-corrected chi connectivity index (χ1v) is 5.62. The Labute approximate surface area is 95.8 Å². The Morgan fingerprint density at radius 1 is 1.53 bits per heavy atom. The number of methoxy groups -OCH3 is 1. The third-order valence-corrected chi connectivity index (χ3v) is 2.61. The lowest BCUT2D eigenvalue weighted by atomic mass is 10.2. The van der Waals surface area contributed by atoms with Crippen molar-refractivity contribution in [1.82, 2.24) is 10.3 Å². The lowest BCUT2D eigenvalue weighted by Gasteiger charge is -2.13. The number of hydrogen-bond acceptors (Lipinski definition) is 3. The van der Waals surface area contributed by atoms with Crippen molar-refractivity contribution in [3.05, 3.63) is 23.9 Å². The molecule has 1 atom stereocenters. The van der Waals surface area contributed by atoms with Crippen LogP contribution in [0.5, 0.6) is 5.88 Å². The van der Waals surface area contributed by atoms with E-state index in [1.807, 2.05) is 18.2 Å². The van der Waals surface area contributed by atoms with E-state index in [-0.39, 0.29) is 0 Å². The Morgan fingerprint density at radius 3 is 2.93 bits per heavy atom. The van der Waals surface area contributed by atoms with Crippen LogP contribution in [0.2, 0.25) is 0 Å². The lowest BCUT2D eigenvalue weighted by Crippen LogP contribution is -2.29. The maximum absolute atomic E-state index is 5.78. The standard InChI is InChI=1S/C11H17ClN2O/c1-3-9(7-12)13-8-10-5-4-6-11(14-10)15-2/h4-6,9,13H,3,7-8H2,1-2H3. The number of pyridine rings is 1. The molecular weight excluding hydrogens is 212 g/mol. The first kappa shape index (κ1) is 12.3. The SMILES string of the molecule is CCC(CCl)NCc1cccc(OC)n1. The van der Waals surface area contributed by atoms with Gasteiger partial charge in [-0.05, 0) is 12.5 Å². The second kappa shape index (κ2) is 6.64. The van der Waals surface area contributed by atoms with Crippen LogP contribution in [0.4, 0.5) is 0 Å². The summed E-state index contributed by atoms with van der Waals surface area (Å²) in [5, 5.41) is 3.34. The number of alkyl halides is 1.